The van der Waals surface area contributed by atoms with Gasteiger partial charge in [-0.15, -0.1) is 0 Å². The number of carbonyl (C=O) groups is 1. The lowest BCUT2D eigenvalue weighted by atomic mass is 10.0. The summed E-state index contributed by atoms with van der Waals surface area (Å²) in [6.45, 7) is 11.9. The molecule has 0 unspecified atom stereocenters. The highest BCUT2D eigenvalue weighted by molar-refractivity contribution is 5.82. The summed E-state index contributed by atoms with van der Waals surface area (Å²) in [5, 5.41) is 6.31. The number of nitrogens with one attached hydrogen (secondary N) is 2. The molecule has 0 aliphatic heterocycles. The third-order valence-electron chi connectivity index (χ3n) is 3.24. The summed E-state index contributed by atoms with van der Waals surface area (Å²) in [6, 6.07) is 5.82. The molecule has 0 spiro atoms. The van der Waals surface area contributed by atoms with Crippen LogP contribution in [0, 0.1) is 6.92 Å². The van der Waals surface area contributed by atoms with Crippen LogP contribution in [-0.2, 0) is 4.79 Å². The van der Waals surface area contributed by atoms with Crippen molar-refractivity contribution in [3.05, 3.63) is 29.3 Å². The van der Waals surface area contributed by atoms with Gasteiger partial charge in [0.15, 0.2) is 0 Å². The SMILES string of the molecule is COc1ccc(C)cc1[C@@H](C)N[C@@H](C)C(=O)NC(C)(C)C. The average Bonchev–Trinajstić information content (AvgIpc) is 2.36. The standard InChI is InChI=1S/C17H28N2O2/c1-11-8-9-15(21-7)14(10-11)12(2)18-13(3)16(20)19-17(4,5)6/h8-10,12-13,18H,1-7H3,(H,19,20)/t12-,13+/m1/s1. The maximum absolute atomic E-state index is 12.1. The molecule has 0 aromatic heterocycles. The Balaban J connectivity index is 2.79. The molecule has 1 amide bonds. The maximum Gasteiger partial charge on any atom is 0.237 e. The molecule has 0 heterocycles. The van der Waals surface area contributed by atoms with Gasteiger partial charge in [0.05, 0.1) is 13.2 Å². The minimum absolute atomic E-state index is 0.000898. The largest absolute Gasteiger partial charge is 0.496 e. The molecule has 0 aliphatic rings. The summed E-state index contributed by atoms with van der Waals surface area (Å²) in [5.74, 6) is 0.838. The van der Waals surface area contributed by atoms with Gasteiger partial charge < -0.3 is 10.1 Å². The van der Waals surface area contributed by atoms with E-state index in [0.717, 1.165) is 11.3 Å². The van der Waals surface area contributed by atoms with Crippen LogP contribution in [-0.4, -0.2) is 24.6 Å². The molecule has 0 fully saturated rings. The van der Waals surface area contributed by atoms with Gasteiger partial charge in [-0.2, -0.15) is 0 Å². The number of hydrogen-bond donors (Lipinski definition) is 2. The van der Waals surface area contributed by atoms with E-state index in [1.54, 1.807) is 7.11 Å². The van der Waals surface area contributed by atoms with E-state index in [9.17, 15) is 4.79 Å². The number of hydrogen-bond acceptors (Lipinski definition) is 3. The first kappa shape index (κ1) is 17.5. The van der Waals surface area contributed by atoms with E-state index in [1.807, 2.05) is 53.7 Å². The van der Waals surface area contributed by atoms with Crippen LogP contribution in [0.25, 0.3) is 0 Å². The molecule has 4 nitrogen and oxygen atoms in total. The summed E-state index contributed by atoms with van der Waals surface area (Å²) < 4.78 is 5.40. The van der Waals surface area contributed by atoms with Crippen molar-refractivity contribution >= 4 is 5.91 Å². The van der Waals surface area contributed by atoms with Gasteiger partial charge >= 0.3 is 0 Å². The summed E-state index contributed by atoms with van der Waals surface area (Å²) in [4.78, 5) is 12.1. The third kappa shape index (κ3) is 5.38. The Bertz CT molecular complexity index is 492. The summed E-state index contributed by atoms with van der Waals surface area (Å²) in [7, 11) is 1.66. The Kier molecular flexibility index (Phi) is 5.78. The van der Waals surface area contributed by atoms with Crippen molar-refractivity contribution in [2.45, 2.75) is 59.2 Å². The van der Waals surface area contributed by atoms with Crippen molar-refractivity contribution in [1.29, 1.82) is 0 Å². The van der Waals surface area contributed by atoms with E-state index in [0.29, 0.717) is 0 Å². The molecule has 4 heteroatoms. The van der Waals surface area contributed by atoms with Gasteiger partial charge in [0.25, 0.3) is 0 Å². The fraction of sp³-hybridized carbons (Fsp3) is 0.588. The Hall–Kier alpha value is -1.55. The quantitative estimate of drug-likeness (QED) is 0.877. The Morgan fingerprint density at radius 2 is 1.86 bits per heavy atom. The molecule has 2 atom stereocenters. The second-order valence-electron chi connectivity index (χ2n) is 6.59. The van der Waals surface area contributed by atoms with Crippen LogP contribution < -0.4 is 15.4 Å². The van der Waals surface area contributed by atoms with Crippen molar-refractivity contribution in [3.63, 3.8) is 0 Å². The van der Waals surface area contributed by atoms with Gasteiger partial charge in [-0.05, 0) is 47.6 Å². The number of carbonyl (C=O) groups excluding carboxylic acids is 1. The summed E-state index contributed by atoms with van der Waals surface area (Å²) in [6.07, 6.45) is 0. The van der Waals surface area contributed by atoms with Gasteiger partial charge in [0.1, 0.15) is 5.75 Å². The van der Waals surface area contributed by atoms with E-state index >= 15 is 0 Å². The van der Waals surface area contributed by atoms with Crippen LogP contribution in [0.3, 0.4) is 0 Å². The molecule has 1 aromatic carbocycles. The summed E-state index contributed by atoms with van der Waals surface area (Å²) in [5.41, 5.74) is 2.01. The lowest BCUT2D eigenvalue weighted by molar-refractivity contribution is -0.124. The minimum atomic E-state index is -0.274. The van der Waals surface area contributed by atoms with Crippen molar-refractivity contribution in [1.82, 2.24) is 10.6 Å². The van der Waals surface area contributed by atoms with Crippen LogP contribution >= 0.6 is 0 Å². The zero-order chi connectivity index (χ0) is 16.2. The Morgan fingerprint density at radius 1 is 1.24 bits per heavy atom. The first-order valence-electron chi connectivity index (χ1n) is 7.36. The highest BCUT2D eigenvalue weighted by Crippen LogP contribution is 2.26. The van der Waals surface area contributed by atoms with Crippen molar-refractivity contribution in [2.24, 2.45) is 0 Å². The van der Waals surface area contributed by atoms with Crippen molar-refractivity contribution in [3.8, 4) is 5.75 Å². The molecule has 0 aliphatic carbocycles. The van der Waals surface area contributed by atoms with Gasteiger partial charge in [0, 0.05) is 17.1 Å². The van der Waals surface area contributed by atoms with E-state index in [-0.39, 0.29) is 23.5 Å². The molecule has 0 radical (unpaired) electrons. The van der Waals surface area contributed by atoms with E-state index in [2.05, 4.69) is 16.7 Å². The van der Waals surface area contributed by atoms with Crippen molar-refractivity contribution in [2.75, 3.05) is 7.11 Å². The normalized spacial score (nSPS) is 14.4. The fourth-order valence-electron chi connectivity index (χ4n) is 2.21. The molecule has 0 saturated carbocycles. The number of methoxy groups -OCH3 is 1. The average molecular weight is 292 g/mol. The molecule has 0 bridgehead atoms. The zero-order valence-corrected chi connectivity index (χ0v) is 14.2. The maximum atomic E-state index is 12.1. The highest BCUT2D eigenvalue weighted by Gasteiger charge is 2.22. The molecular formula is C17H28N2O2. The van der Waals surface area contributed by atoms with Gasteiger partial charge in [-0.1, -0.05) is 17.7 Å². The first-order valence-corrected chi connectivity index (χ1v) is 7.36. The number of ether oxygens (including phenoxy) is 1. The fourth-order valence-corrected chi connectivity index (χ4v) is 2.21. The monoisotopic (exact) mass is 292 g/mol. The molecule has 2 N–H and O–H groups in total. The first-order chi connectivity index (χ1) is 9.64. The van der Waals surface area contributed by atoms with E-state index in [1.165, 1.54) is 5.56 Å². The zero-order valence-electron chi connectivity index (χ0n) is 14.2. The third-order valence-corrected chi connectivity index (χ3v) is 3.24. The second-order valence-corrected chi connectivity index (χ2v) is 6.59. The molecule has 118 valence electrons. The van der Waals surface area contributed by atoms with Gasteiger partial charge in [-0.3, -0.25) is 10.1 Å². The number of amides is 1. The summed E-state index contributed by atoms with van der Waals surface area (Å²) >= 11 is 0. The molecular weight excluding hydrogens is 264 g/mol. The number of aryl methyl sites for hydroxylation is 1. The van der Waals surface area contributed by atoms with Gasteiger partial charge in [0.2, 0.25) is 5.91 Å². The van der Waals surface area contributed by atoms with Crippen LogP contribution in [0.4, 0.5) is 0 Å². The van der Waals surface area contributed by atoms with E-state index in [4.69, 9.17) is 4.74 Å². The predicted octanol–water partition coefficient (Wildman–Crippen LogP) is 2.96. The van der Waals surface area contributed by atoms with Crippen LogP contribution in [0.15, 0.2) is 18.2 Å². The molecule has 21 heavy (non-hydrogen) atoms. The van der Waals surface area contributed by atoms with Gasteiger partial charge in [-0.25, -0.2) is 0 Å². The van der Waals surface area contributed by atoms with Crippen LogP contribution in [0.1, 0.15) is 51.8 Å². The van der Waals surface area contributed by atoms with Crippen molar-refractivity contribution < 1.29 is 9.53 Å². The molecule has 1 rings (SSSR count). The molecule has 0 saturated heterocycles. The smallest absolute Gasteiger partial charge is 0.237 e. The second kappa shape index (κ2) is 6.94. The topological polar surface area (TPSA) is 50.4 Å². The molecule has 1 aromatic rings. The van der Waals surface area contributed by atoms with Crippen LogP contribution in [0.5, 0.6) is 5.75 Å². The van der Waals surface area contributed by atoms with E-state index < -0.39 is 0 Å². The lowest BCUT2D eigenvalue weighted by Crippen LogP contribution is -2.50. The predicted molar refractivity (Wildman–Crippen MR) is 86.6 cm³/mol. The van der Waals surface area contributed by atoms with Crippen LogP contribution in [0.2, 0.25) is 0 Å². The Labute approximate surface area is 128 Å². The highest BCUT2D eigenvalue weighted by atomic mass is 16.5. The lowest BCUT2D eigenvalue weighted by Gasteiger charge is -2.26. The number of benzene rings is 1. The Morgan fingerprint density at radius 3 is 2.38 bits per heavy atom. The number of rotatable bonds is 5. The minimum Gasteiger partial charge on any atom is -0.496 e.